The molecule has 0 radical (unpaired) electrons. The van der Waals surface area contributed by atoms with E-state index in [0.717, 1.165) is 11.3 Å². The van der Waals surface area contributed by atoms with Crippen molar-refractivity contribution in [2.75, 3.05) is 0 Å². The molecule has 0 amide bonds. The maximum Gasteiger partial charge on any atom is 0.270 e. The Balaban J connectivity index is 1.95. The van der Waals surface area contributed by atoms with Crippen molar-refractivity contribution in [1.29, 1.82) is 0 Å². The molecule has 3 aromatic rings. The molecule has 0 N–H and O–H groups in total. The second kappa shape index (κ2) is 6.66. The lowest BCUT2D eigenvalue weighted by molar-refractivity contribution is -0.384. The van der Waals surface area contributed by atoms with Gasteiger partial charge in [-0.2, -0.15) is 0 Å². The highest BCUT2D eigenvalue weighted by molar-refractivity contribution is 7.99. The summed E-state index contributed by atoms with van der Waals surface area (Å²) in [4.78, 5) is 11.0. The molecule has 1 aromatic carbocycles. The van der Waals surface area contributed by atoms with E-state index in [4.69, 9.17) is 16.0 Å². The molecule has 0 bridgehead atoms. The van der Waals surface area contributed by atoms with Crippen LogP contribution in [0.1, 0.15) is 12.7 Å². The average molecular weight is 365 g/mol. The van der Waals surface area contributed by atoms with E-state index in [2.05, 4.69) is 10.2 Å². The lowest BCUT2D eigenvalue weighted by atomic mass is 10.2. The summed E-state index contributed by atoms with van der Waals surface area (Å²) in [5.74, 6) is 1.48. The van der Waals surface area contributed by atoms with Crippen molar-refractivity contribution >= 4 is 29.1 Å². The summed E-state index contributed by atoms with van der Waals surface area (Å²) in [6, 6.07) is 6.21. The predicted molar refractivity (Wildman–Crippen MR) is 90.4 cm³/mol. The molecule has 0 aliphatic carbocycles. The Hall–Kier alpha value is -2.32. The van der Waals surface area contributed by atoms with Gasteiger partial charge in [0.2, 0.25) is 0 Å². The Morgan fingerprint density at radius 2 is 2.17 bits per heavy atom. The first kappa shape index (κ1) is 16.5. The van der Waals surface area contributed by atoms with Crippen molar-refractivity contribution in [3.05, 3.63) is 51.4 Å². The van der Waals surface area contributed by atoms with Crippen molar-refractivity contribution < 1.29 is 9.34 Å². The summed E-state index contributed by atoms with van der Waals surface area (Å²) in [5, 5.41) is 20.2. The lowest BCUT2D eigenvalue weighted by Gasteiger charge is -2.07. The van der Waals surface area contributed by atoms with Crippen LogP contribution in [0.2, 0.25) is 5.02 Å². The first-order valence-electron chi connectivity index (χ1n) is 7.10. The number of nitro benzene ring substituents is 1. The number of nitro groups is 1. The van der Waals surface area contributed by atoms with Crippen molar-refractivity contribution in [3.8, 4) is 11.4 Å². The quantitative estimate of drug-likeness (QED) is 0.486. The molecule has 7 nitrogen and oxygen atoms in total. The minimum atomic E-state index is -0.478. The predicted octanol–water partition coefficient (Wildman–Crippen LogP) is 4.58. The summed E-state index contributed by atoms with van der Waals surface area (Å²) in [7, 11) is 0. The van der Waals surface area contributed by atoms with Gasteiger partial charge in [0, 0.05) is 23.6 Å². The van der Waals surface area contributed by atoms with Crippen molar-refractivity contribution in [1.82, 2.24) is 14.8 Å². The molecule has 0 aliphatic rings. The van der Waals surface area contributed by atoms with Gasteiger partial charge in [-0.15, -0.1) is 10.2 Å². The van der Waals surface area contributed by atoms with Crippen LogP contribution in [0, 0.1) is 17.0 Å². The first-order valence-corrected chi connectivity index (χ1v) is 8.30. The largest absolute Gasteiger partial charge is 0.469 e. The molecule has 0 fully saturated rings. The van der Waals surface area contributed by atoms with Crippen molar-refractivity contribution in [2.45, 2.75) is 30.4 Å². The molecule has 124 valence electrons. The highest BCUT2D eigenvalue weighted by Crippen LogP contribution is 2.36. The molecule has 0 unspecified atom stereocenters. The van der Waals surface area contributed by atoms with E-state index in [1.54, 1.807) is 12.3 Å². The van der Waals surface area contributed by atoms with Gasteiger partial charge in [0.25, 0.3) is 5.69 Å². The zero-order valence-corrected chi connectivity index (χ0v) is 14.5. The maximum atomic E-state index is 10.8. The highest BCUT2D eigenvalue weighted by Gasteiger charge is 2.18. The smallest absolute Gasteiger partial charge is 0.270 e. The molecule has 9 heteroatoms. The minimum Gasteiger partial charge on any atom is -0.469 e. The van der Waals surface area contributed by atoms with E-state index in [0.29, 0.717) is 27.4 Å². The van der Waals surface area contributed by atoms with Crippen LogP contribution in [-0.4, -0.2) is 19.7 Å². The molecule has 0 saturated carbocycles. The number of hydrogen-bond acceptors (Lipinski definition) is 6. The Labute approximate surface area is 146 Å². The molecule has 2 aromatic heterocycles. The van der Waals surface area contributed by atoms with Gasteiger partial charge in [-0.05, 0) is 37.7 Å². The first-order chi connectivity index (χ1) is 11.5. The summed E-state index contributed by atoms with van der Waals surface area (Å²) >= 11 is 7.47. The van der Waals surface area contributed by atoms with E-state index >= 15 is 0 Å². The summed E-state index contributed by atoms with van der Waals surface area (Å²) in [6.45, 7) is 4.52. The zero-order valence-electron chi connectivity index (χ0n) is 12.9. The number of aromatic nitrogens is 3. The van der Waals surface area contributed by atoms with E-state index < -0.39 is 4.92 Å². The molecule has 0 spiro atoms. The molecule has 0 aliphatic heterocycles. The molecular weight excluding hydrogens is 352 g/mol. The van der Waals surface area contributed by atoms with Crippen LogP contribution >= 0.6 is 23.4 Å². The zero-order chi connectivity index (χ0) is 17.3. The minimum absolute atomic E-state index is 0.0454. The van der Waals surface area contributed by atoms with E-state index in [9.17, 15) is 10.1 Å². The summed E-state index contributed by atoms with van der Waals surface area (Å²) < 4.78 is 7.27. The Kier molecular flexibility index (Phi) is 4.59. The van der Waals surface area contributed by atoms with E-state index in [1.165, 1.54) is 23.9 Å². The molecular formula is C15H13ClN4O3S. The SMILES string of the molecule is CCn1c(Sc2ccc([N+](=O)[O-])cc2Cl)nnc1-c1ccoc1C. The van der Waals surface area contributed by atoms with Gasteiger partial charge in [0.1, 0.15) is 5.76 Å². The second-order valence-corrected chi connectivity index (χ2v) is 6.33. The van der Waals surface area contributed by atoms with Crippen LogP contribution < -0.4 is 0 Å². The maximum absolute atomic E-state index is 10.8. The Morgan fingerprint density at radius 1 is 1.38 bits per heavy atom. The van der Waals surface area contributed by atoms with Gasteiger partial charge < -0.3 is 8.98 Å². The van der Waals surface area contributed by atoms with Crippen LogP contribution in [-0.2, 0) is 6.54 Å². The van der Waals surface area contributed by atoms with E-state index in [-0.39, 0.29) is 5.69 Å². The van der Waals surface area contributed by atoms with Crippen LogP contribution in [0.5, 0.6) is 0 Å². The van der Waals surface area contributed by atoms with Gasteiger partial charge in [-0.1, -0.05) is 11.6 Å². The number of hydrogen-bond donors (Lipinski definition) is 0. The third-order valence-corrected chi connectivity index (χ3v) is 4.95. The number of furan rings is 1. The second-order valence-electron chi connectivity index (χ2n) is 4.91. The average Bonchev–Trinajstić information content (AvgIpc) is 3.14. The Morgan fingerprint density at radius 3 is 2.75 bits per heavy atom. The molecule has 24 heavy (non-hydrogen) atoms. The number of rotatable bonds is 5. The van der Waals surface area contributed by atoms with Crippen LogP contribution in [0.15, 0.2) is 45.0 Å². The van der Waals surface area contributed by atoms with E-state index in [1.807, 2.05) is 24.5 Å². The molecule has 3 rings (SSSR count). The number of aryl methyl sites for hydroxylation is 1. The van der Waals surface area contributed by atoms with Gasteiger partial charge in [-0.25, -0.2) is 0 Å². The summed E-state index contributed by atoms with van der Waals surface area (Å²) in [6.07, 6.45) is 1.61. The van der Waals surface area contributed by atoms with Gasteiger partial charge >= 0.3 is 0 Å². The Bertz CT molecular complexity index is 906. The van der Waals surface area contributed by atoms with Crippen LogP contribution in [0.3, 0.4) is 0 Å². The number of non-ortho nitro benzene ring substituents is 1. The lowest BCUT2D eigenvalue weighted by Crippen LogP contribution is -1.99. The van der Waals surface area contributed by atoms with Gasteiger partial charge in [0.05, 0.1) is 21.8 Å². The standard InChI is InChI=1S/C15H13ClN4O3S/c1-3-19-14(11-6-7-23-9(11)2)17-18-15(19)24-13-5-4-10(20(21)22)8-12(13)16/h4-8H,3H2,1-2H3. The number of halogens is 1. The van der Waals surface area contributed by atoms with Crippen LogP contribution in [0.25, 0.3) is 11.4 Å². The third-order valence-electron chi connectivity index (χ3n) is 3.46. The fraction of sp³-hybridized carbons (Fsp3) is 0.200. The monoisotopic (exact) mass is 364 g/mol. The molecule has 0 atom stereocenters. The fourth-order valence-corrected chi connectivity index (χ4v) is 3.44. The molecule has 2 heterocycles. The number of benzene rings is 1. The molecule has 0 saturated heterocycles. The van der Waals surface area contributed by atoms with Crippen LogP contribution in [0.4, 0.5) is 5.69 Å². The third kappa shape index (κ3) is 3.02. The number of nitrogens with zero attached hydrogens (tertiary/aromatic N) is 4. The topological polar surface area (TPSA) is 87.0 Å². The fourth-order valence-electron chi connectivity index (χ4n) is 2.25. The summed E-state index contributed by atoms with van der Waals surface area (Å²) in [5.41, 5.74) is 0.835. The van der Waals surface area contributed by atoms with Crippen molar-refractivity contribution in [3.63, 3.8) is 0 Å². The highest BCUT2D eigenvalue weighted by atomic mass is 35.5. The van der Waals surface area contributed by atoms with Gasteiger partial charge in [-0.3, -0.25) is 10.1 Å². The van der Waals surface area contributed by atoms with Crippen molar-refractivity contribution in [2.24, 2.45) is 0 Å². The van der Waals surface area contributed by atoms with Gasteiger partial charge in [0.15, 0.2) is 11.0 Å². The normalized spacial score (nSPS) is 11.0.